The lowest BCUT2D eigenvalue weighted by atomic mass is 10.1. The summed E-state index contributed by atoms with van der Waals surface area (Å²) in [6.45, 7) is 8.85. The number of ether oxygens (including phenoxy) is 1. The Hall–Kier alpha value is -0.870. The zero-order valence-electron chi connectivity index (χ0n) is 9.22. The second-order valence-corrected chi connectivity index (χ2v) is 3.66. The van der Waals surface area contributed by atoms with Crippen molar-refractivity contribution in [3.8, 4) is 0 Å². The van der Waals surface area contributed by atoms with E-state index in [2.05, 4.69) is 17.2 Å². The van der Waals surface area contributed by atoms with E-state index < -0.39 is 0 Å². The molecule has 0 aromatic heterocycles. The van der Waals surface area contributed by atoms with Gasteiger partial charge in [-0.2, -0.15) is 0 Å². The minimum absolute atomic E-state index is 0.0306. The highest BCUT2D eigenvalue weighted by atomic mass is 16.5. The van der Waals surface area contributed by atoms with Crippen LogP contribution in [-0.4, -0.2) is 38.3 Å². The van der Waals surface area contributed by atoms with Crippen molar-refractivity contribution in [2.24, 2.45) is 0 Å². The molecule has 0 fully saturated rings. The fourth-order valence-electron chi connectivity index (χ4n) is 0.734. The van der Waals surface area contributed by atoms with Crippen LogP contribution in [0.1, 0.15) is 13.8 Å². The molecule has 0 aliphatic carbocycles. The highest BCUT2D eigenvalue weighted by Gasteiger charge is 2.16. The Balaban J connectivity index is 3.58. The molecule has 0 saturated heterocycles. The molecule has 2 N–H and O–H groups in total. The average molecular weight is 200 g/mol. The predicted octanol–water partition coefficient (Wildman–Crippen LogP) is 0.303. The van der Waals surface area contributed by atoms with Crippen molar-refractivity contribution in [3.05, 3.63) is 12.7 Å². The molecule has 82 valence electrons. The molecule has 0 unspecified atom stereocenters. The van der Waals surface area contributed by atoms with Crippen molar-refractivity contribution in [2.45, 2.75) is 19.4 Å². The Bertz CT molecular complexity index is 191. The van der Waals surface area contributed by atoms with E-state index in [4.69, 9.17) is 4.74 Å². The second-order valence-electron chi connectivity index (χ2n) is 3.66. The normalized spacial score (nSPS) is 11.1. The largest absolute Gasteiger partial charge is 0.377 e. The quantitative estimate of drug-likeness (QED) is 0.459. The SMILES string of the molecule is C=CCNCC(=O)NCC(C)(C)OC. The van der Waals surface area contributed by atoms with Crippen LogP contribution in [0, 0.1) is 0 Å². The summed E-state index contributed by atoms with van der Waals surface area (Å²) < 4.78 is 5.16. The molecule has 0 aliphatic heterocycles. The molecular weight excluding hydrogens is 180 g/mol. The van der Waals surface area contributed by atoms with Gasteiger partial charge in [0.2, 0.25) is 5.91 Å². The van der Waals surface area contributed by atoms with Gasteiger partial charge in [-0.25, -0.2) is 0 Å². The van der Waals surface area contributed by atoms with Crippen LogP contribution in [0.2, 0.25) is 0 Å². The number of carbonyl (C=O) groups is 1. The fraction of sp³-hybridized carbons (Fsp3) is 0.700. The molecule has 4 nitrogen and oxygen atoms in total. The van der Waals surface area contributed by atoms with Crippen LogP contribution in [0.5, 0.6) is 0 Å². The van der Waals surface area contributed by atoms with Gasteiger partial charge in [0.15, 0.2) is 0 Å². The van der Waals surface area contributed by atoms with Gasteiger partial charge in [0.05, 0.1) is 12.1 Å². The van der Waals surface area contributed by atoms with E-state index in [0.717, 1.165) is 0 Å². The molecule has 0 bridgehead atoms. The lowest BCUT2D eigenvalue weighted by Gasteiger charge is -2.23. The van der Waals surface area contributed by atoms with E-state index >= 15 is 0 Å². The van der Waals surface area contributed by atoms with Gasteiger partial charge in [0.1, 0.15) is 0 Å². The van der Waals surface area contributed by atoms with Gasteiger partial charge < -0.3 is 15.4 Å². The monoisotopic (exact) mass is 200 g/mol. The van der Waals surface area contributed by atoms with E-state index in [-0.39, 0.29) is 11.5 Å². The van der Waals surface area contributed by atoms with E-state index in [1.165, 1.54) is 0 Å². The van der Waals surface area contributed by atoms with E-state index in [0.29, 0.717) is 19.6 Å². The van der Waals surface area contributed by atoms with Crippen LogP contribution in [0.25, 0.3) is 0 Å². The molecule has 0 spiro atoms. The Labute approximate surface area is 85.7 Å². The first-order chi connectivity index (χ1) is 6.52. The molecule has 4 heteroatoms. The third-order valence-corrected chi connectivity index (χ3v) is 1.84. The molecule has 0 radical (unpaired) electrons. The van der Waals surface area contributed by atoms with E-state index in [1.807, 2.05) is 13.8 Å². The van der Waals surface area contributed by atoms with Gasteiger partial charge in [0.25, 0.3) is 0 Å². The standard InChI is InChI=1S/C10H20N2O2/c1-5-6-11-7-9(13)12-8-10(2,3)14-4/h5,11H,1,6-8H2,2-4H3,(H,12,13). The Kier molecular flexibility index (Phi) is 6.16. The molecule has 14 heavy (non-hydrogen) atoms. The molecule has 1 amide bonds. The first kappa shape index (κ1) is 13.1. The average Bonchev–Trinajstić information content (AvgIpc) is 2.16. The van der Waals surface area contributed by atoms with Crippen LogP contribution in [0.4, 0.5) is 0 Å². The molecule has 0 saturated carbocycles. The highest BCUT2D eigenvalue weighted by Crippen LogP contribution is 2.03. The third-order valence-electron chi connectivity index (χ3n) is 1.84. The molecule has 0 aromatic rings. The second kappa shape index (κ2) is 6.56. The van der Waals surface area contributed by atoms with Crippen molar-refractivity contribution in [2.75, 3.05) is 26.7 Å². The zero-order chi connectivity index (χ0) is 11.0. The number of rotatable bonds is 7. The smallest absolute Gasteiger partial charge is 0.234 e. The fourth-order valence-corrected chi connectivity index (χ4v) is 0.734. The molecular formula is C10H20N2O2. The predicted molar refractivity (Wildman–Crippen MR) is 57.2 cm³/mol. The number of hydrogen-bond donors (Lipinski definition) is 2. The number of amides is 1. The van der Waals surface area contributed by atoms with Gasteiger partial charge in [0, 0.05) is 20.2 Å². The number of nitrogens with one attached hydrogen (secondary N) is 2. The minimum Gasteiger partial charge on any atom is -0.377 e. The first-order valence-electron chi connectivity index (χ1n) is 4.65. The Morgan fingerprint density at radius 2 is 2.21 bits per heavy atom. The summed E-state index contributed by atoms with van der Waals surface area (Å²) in [5.74, 6) is -0.0306. The van der Waals surface area contributed by atoms with Gasteiger partial charge in [-0.05, 0) is 13.8 Å². The molecule has 0 heterocycles. The summed E-state index contributed by atoms with van der Waals surface area (Å²) in [5, 5.41) is 5.69. The van der Waals surface area contributed by atoms with Crippen LogP contribution in [0.3, 0.4) is 0 Å². The van der Waals surface area contributed by atoms with Crippen LogP contribution in [0.15, 0.2) is 12.7 Å². The minimum atomic E-state index is -0.311. The maximum Gasteiger partial charge on any atom is 0.234 e. The summed E-state index contributed by atoms with van der Waals surface area (Å²) >= 11 is 0. The van der Waals surface area contributed by atoms with Crippen LogP contribution >= 0.6 is 0 Å². The van der Waals surface area contributed by atoms with Crippen molar-refractivity contribution < 1.29 is 9.53 Å². The first-order valence-corrected chi connectivity index (χ1v) is 4.65. The van der Waals surface area contributed by atoms with Crippen molar-refractivity contribution >= 4 is 5.91 Å². The van der Waals surface area contributed by atoms with Crippen LogP contribution < -0.4 is 10.6 Å². The number of methoxy groups -OCH3 is 1. The summed E-state index contributed by atoms with van der Waals surface area (Å²) in [5.41, 5.74) is -0.311. The van der Waals surface area contributed by atoms with E-state index in [9.17, 15) is 4.79 Å². The Morgan fingerprint density at radius 1 is 1.57 bits per heavy atom. The third kappa shape index (κ3) is 6.62. The number of hydrogen-bond acceptors (Lipinski definition) is 3. The van der Waals surface area contributed by atoms with Crippen molar-refractivity contribution in [1.82, 2.24) is 10.6 Å². The maximum absolute atomic E-state index is 11.2. The summed E-state index contributed by atoms with van der Waals surface area (Å²) in [6, 6.07) is 0. The van der Waals surface area contributed by atoms with Crippen molar-refractivity contribution in [3.63, 3.8) is 0 Å². The number of carbonyl (C=O) groups excluding carboxylic acids is 1. The van der Waals surface area contributed by atoms with Gasteiger partial charge in [-0.3, -0.25) is 4.79 Å². The zero-order valence-corrected chi connectivity index (χ0v) is 9.22. The van der Waals surface area contributed by atoms with Gasteiger partial charge >= 0.3 is 0 Å². The lowest BCUT2D eigenvalue weighted by Crippen LogP contribution is -2.43. The van der Waals surface area contributed by atoms with Crippen LogP contribution in [-0.2, 0) is 9.53 Å². The summed E-state index contributed by atoms with van der Waals surface area (Å²) in [7, 11) is 1.63. The maximum atomic E-state index is 11.2. The Morgan fingerprint density at radius 3 is 2.71 bits per heavy atom. The van der Waals surface area contributed by atoms with Crippen molar-refractivity contribution in [1.29, 1.82) is 0 Å². The molecule has 0 rings (SSSR count). The van der Waals surface area contributed by atoms with Gasteiger partial charge in [-0.15, -0.1) is 6.58 Å². The topological polar surface area (TPSA) is 50.4 Å². The summed E-state index contributed by atoms with van der Waals surface area (Å²) in [6.07, 6.45) is 1.71. The molecule has 0 atom stereocenters. The summed E-state index contributed by atoms with van der Waals surface area (Å²) in [4.78, 5) is 11.2. The highest BCUT2D eigenvalue weighted by molar-refractivity contribution is 5.78. The molecule has 0 aliphatic rings. The lowest BCUT2D eigenvalue weighted by molar-refractivity contribution is -0.121. The van der Waals surface area contributed by atoms with Gasteiger partial charge in [-0.1, -0.05) is 6.08 Å². The van der Waals surface area contributed by atoms with E-state index in [1.54, 1.807) is 13.2 Å². The molecule has 0 aromatic carbocycles.